The van der Waals surface area contributed by atoms with Crippen molar-refractivity contribution >= 4 is 22.6 Å². The Morgan fingerprint density at radius 3 is 2.33 bits per heavy atom. The molecule has 3 aromatic rings. The first-order chi connectivity index (χ1) is 13.0. The van der Waals surface area contributed by atoms with Crippen LogP contribution >= 0.6 is 0 Å². The monoisotopic (exact) mass is 365 g/mol. The number of esters is 1. The van der Waals surface area contributed by atoms with E-state index in [4.69, 9.17) is 4.74 Å². The van der Waals surface area contributed by atoms with Gasteiger partial charge in [-0.2, -0.15) is 9.78 Å². The molecule has 27 heavy (non-hydrogen) atoms. The highest BCUT2D eigenvalue weighted by Crippen LogP contribution is 2.16. The Kier molecular flexibility index (Phi) is 5.30. The molecule has 0 saturated heterocycles. The quantitative estimate of drug-likeness (QED) is 0.699. The van der Waals surface area contributed by atoms with Gasteiger partial charge in [0, 0.05) is 11.4 Å². The third kappa shape index (κ3) is 4.03. The van der Waals surface area contributed by atoms with Crippen molar-refractivity contribution in [3.63, 3.8) is 0 Å². The van der Waals surface area contributed by atoms with Crippen LogP contribution in [0.5, 0.6) is 0 Å². The molecule has 0 atom stereocenters. The second-order valence-corrected chi connectivity index (χ2v) is 6.25. The minimum absolute atomic E-state index is 0.0219. The SMILES string of the molecule is CC(C)NC(=O)COC(=O)c1nn(-c2ccccc2)c(=O)c2ccccc12. The van der Waals surface area contributed by atoms with Gasteiger partial charge in [-0.25, -0.2) is 4.79 Å². The Morgan fingerprint density at radius 1 is 1.04 bits per heavy atom. The van der Waals surface area contributed by atoms with Gasteiger partial charge in [0.2, 0.25) is 0 Å². The third-order valence-electron chi connectivity index (χ3n) is 3.78. The zero-order chi connectivity index (χ0) is 19.4. The van der Waals surface area contributed by atoms with E-state index < -0.39 is 18.5 Å². The fraction of sp³-hybridized carbons (Fsp3) is 0.200. The minimum Gasteiger partial charge on any atom is -0.451 e. The zero-order valence-corrected chi connectivity index (χ0v) is 15.0. The number of hydrogen-bond acceptors (Lipinski definition) is 5. The Morgan fingerprint density at radius 2 is 1.67 bits per heavy atom. The van der Waals surface area contributed by atoms with Gasteiger partial charge in [0.15, 0.2) is 12.3 Å². The molecule has 2 aromatic carbocycles. The van der Waals surface area contributed by atoms with Crippen molar-refractivity contribution in [3.8, 4) is 5.69 Å². The van der Waals surface area contributed by atoms with Crippen LogP contribution in [0.4, 0.5) is 0 Å². The molecule has 3 rings (SSSR count). The summed E-state index contributed by atoms with van der Waals surface area (Å²) in [5.41, 5.74) is 0.164. The molecule has 0 aliphatic heterocycles. The van der Waals surface area contributed by atoms with E-state index >= 15 is 0 Å². The fourth-order valence-corrected chi connectivity index (χ4v) is 2.65. The van der Waals surface area contributed by atoms with Gasteiger partial charge in [0.25, 0.3) is 11.5 Å². The summed E-state index contributed by atoms with van der Waals surface area (Å²) in [4.78, 5) is 37.1. The van der Waals surface area contributed by atoms with Gasteiger partial charge in [-0.05, 0) is 32.0 Å². The predicted octanol–water partition coefficient (Wildman–Crippen LogP) is 2.07. The van der Waals surface area contributed by atoms with Crippen LogP contribution in [-0.2, 0) is 9.53 Å². The van der Waals surface area contributed by atoms with Crippen LogP contribution in [0.3, 0.4) is 0 Å². The summed E-state index contributed by atoms with van der Waals surface area (Å²) in [7, 11) is 0. The number of ether oxygens (including phenoxy) is 1. The highest BCUT2D eigenvalue weighted by Gasteiger charge is 2.19. The number of nitrogens with one attached hydrogen (secondary N) is 1. The van der Waals surface area contributed by atoms with Gasteiger partial charge in [0.1, 0.15) is 0 Å². The van der Waals surface area contributed by atoms with Crippen LogP contribution in [0.25, 0.3) is 16.5 Å². The molecule has 0 aliphatic carbocycles. The Labute approximate surface area is 155 Å². The second-order valence-electron chi connectivity index (χ2n) is 6.25. The van der Waals surface area contributed by atoms with Crippen molar-refractivity contribution < 1.29 is 14.3 Å². The summed E-state index contributed by atoms with van der Waals surface area (Å²) in [5, 5.41) is 7.57. The highest BCUT2D eigenvalue weighted by molar-refractivity contribution is 6.02. The number of rotatable bonds is 5. The molecule has 138 valence electrons. The first-order valence-electron chi connectivity index (χ1n) is 8.51. The molecule has 1 heterocycles. The molecule has 0 bridgehead atoms. The van der Waals surface area contributed by atoms with E-state index in [1.807, 2.05) is 19.9 Å². The molecule has 0 unspecified atom stereocenters. The molecule has 1 aromatic heterocycles. The van der Waals surface area contributed by atoms with Gasteiger partial charge in [-0.3, -0.25) is 9.59 Å². The Balaban J connectivity index is 2.02. The topological polar surface area (TPSA) is 90.3 Å². The second kappa shape index (κ2) is 7.82. The molecule has 1 amide bonds. The zero-order valence-electron chi connectivity index (χ0n) is 15.0. The molecule has 1 N–H and O–H groups in total. The number of carbonyl (C=O) groups excluding carboxylic acids is 2. The number of carbonyl (C=O) groups is 2. The van der Waals surface area contributed by atoms with Gasteiger partial charge < -0.3 is 10.1 Å². The average molecular weight is 365 g/mol. The molecule has 0 fully saturated rings. The largest absolute Gasteiger partial charge is 0.451 e. The van der Waals surface area contributed by atoms with E-state index in [0.29, 0.717) is 16.5 Å². The first kappa shape index (κ1) is 18.3. The molecule has 0 radical (unpaired) electrons. The van der Waals surface area contributed by atoms with Crippen molar-refractivity contribution in [2.24, 2.45) is 0 Å². The molecule has 0 aliphatic rings. The highest BCUT2D eigenvalue weighted by atomic mass is 16.5. The van der Waals surface area contributed by atoms with Crippen molar-refractivity contribution in [2.75, 3.05) is 6.61 Å². The standard InChI is InChI=1S/C20H19N3O4/c1-13(2)21-17(24)12-27-20(26)18-15-10-6-7-11-16(15)19(25)23(22-18)14-8-4-3-5-9-14/h3-11,13H,12H2,1-2H3,(H,21,24). The number of amides is 1. The average Bonchev–Trinajstić information content (AvgIpc) is 2.67. The van der Waals surface area contributed by atoms with E-state index in [2.05, 4.69) is 10.4 Å². The lowest BCUT2D eigenvalue weighted by Gasteiger charge is -2.11. The minimum atomic E-state index is -0.769. The third-order valence-corrected chi connectivity index (χ3v) is 3.78. The number of benzene rings is 2. The van der Waals surface area contributed by atoms with E-state index in [1.54, 1.807) is 48.5 Å². The van der Waals surface area contributed by atoms with Crippen LogP contribution < -0.4 is 10.9 Å². The summed E-state index contributed by atoms with van der Waals surface area (Å²) in [6.45, 7) is 3.20. The molecule has 0 spiro atoms. The van der Waals surface area contributed by atoms with E-state index in [9.17, 15) is 14.4 Å². The van der Waals surface area contributed by atoms with E-state index in [0.717, 1.165) is 4.68 Å². The lowest BCUT2D eigenvalue weighted by atomic mass is 10.1. The maximum absolute atomic E-state index is 12.8. The summed E-state index contributed by atoms with van der Waals surface area (Å²) in [6.07, 6.45) is 0. The van der Waals surface area contributed by atoms with Crippen molar-refractivity contribution in [1.29, 1.82) is 0 Å². The van der Waals surface area contributed by atoms with Crippen LogP contribution in [0.15, 0.2) is 59.4 Å². The molecule has 7 nitrogen and oxygen atoms in total. The van der Waals surface area contributed by atoms with Gasteiger partial charge in [-0.1, -0.05) is 36.4 Å². The smallest absolute Gasteiger partial charge is 0.359 e. The van der Waals surface area contributed by atoms with Crippen LogP contribution in [0, 0.1) is 0 Å². The lowest BCUT2D eigenvalue weighted by Crippen LogP contribution is -2.34. The Hall–Kier alpha value is -3.48. The maximum atomic E-state index is 12.8. The van der Waals surface area contributed by atoms with E-state index in [1.165, 1.54) is 0 Å². The van der Waals surface area contributed by atoms with Gasteiger partial charge in [-0.15, -0.1) is 0 Å². The number of aromatic nitrogens is 2. The number of para-hydroxylation sites is 1. The first-order valence-corrected chi connectivity index (χ1v) is 8.51. The van der Waals surface area contributed by atoms with Crippen molar-refractivity contribution in [3.05, 3.63) is 70.6 Å². The summed E-state index contributed by atoms with van der Waals surface area (Å²) >= 11 is 0. The van der Waals surface area contributed by atoms with Crippen LogP contribution in [-0.4, -0.2) is 34.3 Å². The predicted molar refractivity (Wildman–Crippen MR) is 101 cm³/mol. The number of fused-ring (bicyclic) bond motifs is 1. The molecule has 0 saturated carbocycles. The summed E-state index contributed by atoms with van der Waals surface area (Å²) in [6, 6.07) is 15.4. The summed E-state index contributed by atoms with van der Waals surface area (Å²) in [5.74, 6) is -1.17. The maximum Gasteiger partial charge on any atom is 0.359 e. The normalized spacial score (nSPS) is 10.8. The van der Waals surface area contributed by atoms with Crippen LogP contribution in [0.1, 0.15) is 24.3 Å². The molecule has 7 heteroatoms. The molecular weight excluding hydrogens is 346 g/mol. The Bertz CT molecular complexity index is 1040. The van der Waals surface area contributed by atoms with Gasteiger partial charge >= 0.3 is 5.97 Å². The van der Waals surface area contributed by atoms with E-state index in [-0.39, 0.29) is 17.3 Å². The number of hydrogen-bond donors (Lipinski definition) is 1. The lowest BCUT2D eigenvalue weighted by molar-refractivity contribution is -0.124. The van der Waals surface area contributed by atoms with Gasteiger partial charge in [0.05, 0.1) is 11.1 Å². The van der Waals surface area contributed by atoms with Crippen molar-refractivity contribution in [1.82, 2.24) is 15.1 Å². The number of nitrogens with zero attached hydrogens (tertiary/aromatic N) is 2. The molecular formula is C20H19N3O4. The summed E-state index contributed by atoms with van der Waals surface area (Å²) < 4.78 is 6.26. The van der Waals surface area contributed by atoms with Crippen LogP contribution in [0.2, 0.25) is 0 Å². The van der Waals surface area contributed by atoms with Crippen molar-refractivity contribution in [2.45, 2.75) is 19.9 Å². The fourth-order valence-electron chi connectivity index (χ4n) is 2.65.